The molecule has 0 heterocycles. The van der Waals surface area contributed by atoms with Crippen molar-refractivity contribution in [2.75, 3.05) is 0 Å². The van der Waals surface area contributed by atoms with Gasteiger partial charge in [0.05, 0.1) is 0 Å². The van der Waals surface area contributed by atoms with Gasteiger partial charge in [-0.1, -0.05) is 36.9 Å². The van der Waals surface area contributed by atoms with Gasteiger partial charge in [-0.05, 0) is 5.56 Å². The van der Waals surface area contributed by atoms with Crippen molar-refractivity contribution in [3.63, 3.8) is 0 Å². The Balaban J connectivity index is 3.13. The largest absolute Gasteiger partial charge is 0.310 e. The van der Waals surface area contributed by atoms with E-state index in [4.69, 9.17) is 4.55 Å². The fourth-order valence-corrected chi connectivity index (χ4v) is 1.42. The van der Waals surface area contributed by atoms with E-state index >= 15 is 0 Å². The summed E-state index contributed by atoms with van der Waals surface area (Å²) in [5.41, 5.74) is 0.727. The summed E-state index contributed by atoms with van der Waals surface area (Å²) < 4.78 is 20.2. The van der Waals surface area contributed by atoms with E-state index in [1.54, 1.807) is 12.1 Å². The van der Waals surface area contributed by atoms with Crippen LogP contribution in [-0.4, -0.2) is 14.1 Å². The van der Waals surface area contributed by atoms with Crippen LogP contribution in [0.2, 0.25) is 0 Å². The van der Waals surface area contributed by atoms with Gasteiger partial charge in [0.2, 0.25) is 0 Å². The van der Waals surface area contributed by atoms with Crippen LogP contribution in [-0.2, 0) is 9.80 Å². The van der Waals surface area contributed by atoms with Crippen LogP contribution >= 0.6 is 0 Å². The summed E-state index contributed by atoms with van der Waals surface area (Å²) in [7, 11) is -2.98. The van der Waals surface area contributed by atoms with Crippen molar-refractivity contribution in [1.82, 2.24) is 0 Å². The lowest BCUT2D eigenvalue weighted by Gasteiger charge is -1.95. The summed E-state index contributed by atoms with van der Waals surface area (Å²) in [4.78, 5) is 0. The first-order chi connectivity index (χ1) is 5.64. The molecule has 1 aromatic rings. The van der Waals surface area contributed by atoms with Gasteiger partial charge in [-0.15, -0.1) is 0 Å². The fourth-order valence-electron chi connectivity index (χ4n) is 0.775. The van der Waals surface area contributed by atoms with Crippen molar-refractivity contribution in [1.29, 1.82) is 0 Å². The third-order valence-corrected chi connectivity index (χ3v) is 2.43. The molecule has 0 saturated carbocycles. The lowest BCUT2D eigenvalue weighted by atomic mass is 10.2. The van der Waals surface area contributed by atoms with E-state index < -0.39 is 9.80 Å². The highest BCUT2D eigenvalue weighted by atomic mass is 32.2. The maximum absolute atomic E-state index is 11.1. The van der Waals surface area contributed by atoms with Gasteiger partial charge < -0.3 is 4.55 Å². The van der Waals surface area contributed by atoms with Crippen LogP contribution in [0, 0.1) is 0 Å². The number of benzene rings is 1. The van der Waals surface area contributed by atoms with E-state index in [9.17, 15) is 4.21 Å². The molecule has 0 aromatic heterocycles. The molecule has 0 aliphatic carbocycles. The van der Waals surface area contributed by atoms with Crippen molar-refractivity contribution in [3.05, 3.63) is 47.9 Å². The van der Waals surface area contributed by atoms with Gasteiger partial charge in [0.25, 0.3) is 0 Å². The topological polar surface area (TPSA) is 37.3 Å². The first-order valence-corrected chi connectivity index (χ1v) is 5.07. The third kappa shape index (κ3) is 2.53. The summed E-state index contributed by atoms with van der Waals surface area (Å²) in [5, 5.41) is 2.33. The second kappa shape index (κ2) is 3.56. The zero-order valence-corrected chi connectivity index (χ0v) is 7.33. The summed E-state index contributed by atoms with van der Waals surface area (Å²) in [5.74, 6) is 0. The van der Waals surface area contributed by atoms with Crippen LogP contribution < -0.4 is 0 Å². The molecule has 64 valence electrons. The number of hydrogen-bond acceptors (Lipinski definition) is 1. The highest BCUT2D eigenvalue weighted by molar-refractivity contribution is 7.99. The Hall–Kier alpha value is -1.06. The Labute approximate surface area is 72.4 Å². The zero-order valence-electron chi connectivity index (χ0n) is 6.51. The van der Waals surface area contributed by atoms with Gasteiger partial charge in [0.1, 0.15) is 9.80 Å². The normalized spacial score (nSPS) is 14.8. The second-order valence-corrected chi connectivity index (χ2v) is 4.11. The van der Waals surface area contributed by atoms with E-state index in [1.807, 2.05) is 18.2 Å². The van der Waals surface area contributed by atoms with Crippen LogP contribution in [0.25, 0.3) is 0 Å². The van der Waals surface area contributed by atoms with Gasteiger partial charge >= 0.3 is 0 Å². The molecule has 0 saturated heterocycles. The molecular formula is C9H10O2S. The number of hydrogen-bond donors (Lipinski definition) is 1. The molecule has 0 fully saturated rings. The lowest BCUT2D eigenvalue weighted by molar-refractivity contribution is 0.570. The van der Waals surface area contributed by atoms with Crippen molar-refractivity contribution in [2.45, 2.75) is 0 Å². The van der Waals surface area contributed by atoms with Gasteiger partial charge in [0, 0.05) is 10.8 Å². The molecule has 0 bridgehead atoms. The van der Waals surface area contributed by atoms with E-state index in [0.717, 1.165) is 11.0 Å². The molecule has 0 aliphatic heterocycles. The molecule has 0 amide bonds. The Morgan fingerprint density at radius 1 is 1.33 bits per heavy atom. The molecule has 12 heavy (non-hydrogen) atoms. The molecule has 1 rings (SSSR count). The Bertz CT molecular complexity index is 373. The molecule has 1 aromatic carbocycles. The monoisotopic (exact) mass is 182 g/mol. The van der Waals surface area contributed by atoms with E-state index in [0.29, 0.717) is 0 Å². The van der Waals surface area contributed by atoms with Crippen molar-refractivity contribution < 1.29 is 8.76 Å². The fraction of sp³-hybridized carbons (Fsp3) is 0. The zero-order chi connectivity index (χ0) is 9.03. The maximum Gasteiger partial charge on any atom is 0.104 e. The average Bonchev–Trinajstić information content (AvgIpc) is 2.06. The summed E-state index contributed by atoms with van der Waals surface area (Å²) in [6.45, 7) is 3.27. The van der Waals surface area contributed by atoms with E-state index in [-0.39, 0.29) is 0 Å². The first kappa shape index (κ1) is 9.03. The van der Waals surface area contributed by atoms with Crippen molar-refractivity contribution >= 4 is 15.2 Å². The van der Waals surface area contributed by atoms with E-state index in [1.165, 1.54) is 5.37 Å². The van der Waals surface area contributed by atoms with Crippen LogP contribution in [0.4, 0.5) is 0 Å². The van der Waals surface area contributed by atoms with E-state index in [2.05, 4.69) is 6.58 Å². The Kier molecular flexibility index (Phi) is 2.68. The molecule has 1 unspecified atom stereocenters. The summed E-state index contributed by atoms with van der Waals surface area (Å²) in [6.07, 6.45) is 0. The van der Waals surface area contributed by atoms with Crippen molar-refractivity contribution in [2.24, 2.45) is 0 Å². The molecule has 1 N–H and O–H groups in total. The number of rotatable bonds is 2. The van der Waals surface area contributed by atoms with Crippen LogP contribution in [0.15, 0.2) is 42.3 Å². The quantitative estimate of drug-likeness (QED) is 0.707. The van der Waals surface area contributed by atoms with Crippen LogP contribution in [0.3, 0.4) is 0 Å². The predicted molar refractivity (Wildman–Crippen MR) is 52.6 cm³/mol. The third-order valence-electron chi connectivity index (χ3n) is 1.34. The summed E-state index contributed by atoms with van der Waals surface area (Å²) in [6, 6.07) is 9.00. The molecule has 0 radical (unpaired) electrons. The minimum Gasteiger partial charge on any atom is -0.310 e. The molecule has 0 spiro atoms. The van der Waals surface area contributed by atoms with Gasteiger partial charge in [0.15, 0.2) is 0 Å². The molecule has 2 nitrogen and oxygen atoms in total. The standard InChI is InChI=1S/C9H10O2S/c1-2-12(10,11)8-9-6-4-3-5-7-9/h2-8H,1H2,(H,10,11). The van der Waals surface area contributed by atoms with Gasteiger partial charge in [-0.25, -0.2) is 4.21 Å². The summed E-state index contributed by atoms with van der Waals surface area (Å²) >= 11 is 0. The highest BCUT2D eigenvalue weighted by Crippen LogP contribution is 1.97. The smallest absolute Gasteiger partial charge is 0.104 e. The SMILES string of the molecule is C=CS(=O)(O)=Cc1ccccc1. The highest BCUT2D eigenvalue weighted by Gasteiger charge is 1.93. The Morgan fingerprint density at radius 3 is 2.42 bits per heavy atom. The molecular weight excluding hydrogens is 172 g/mol. The molecule has 1 atom stereocenters. The van der Waals surface area contributed by atoms with Gasteiger partial charge in [-0.3, -0.25) is 0 Å². The lowest BCUT2D eigenvalue weighted by Crippen LogP contribution is -1.97. The minimum absolute atomic E-state index is 0.727. The minimum atomic E-state index is -2.98. The molecule has 3 heteroatoms. The average molecular weight is 182 g/mol. The van der Waals surface area contributed by atoms with Crippen LogP contribution in [0.1, 0.15) is 5.56 Å². The maximum atomic E-state index is 11.1. The Morgan fingerprint density at radius 2 is 1.92 bits per heavy atom. The van der Waals surface area contributed by atoms with Gasteiger partial charge in [-0.2, -0.15) is 0 Å². The molecule has 0 aliphatic rings. The second-order valence-electron chi connectivity index (χ2n) is 2.31. The van der Waals surface area contributed by atoms with Crippen molar-refractivity contribution in [3.8, 4) is 0 Å². The predicted octanol–water partition coefficient (Wildman–Crippen LogP) is 1.74. The first-order valence-electron chi connectivity index (χ1n) is 3.43. The van der Waals surface area contributed by atoms with Crippen LogP contribution in [0.5, 0.6) is 0 Å².